The fourth-order valence-corrected chi connectivity index (χ4v) is 2.84. The lowest BCUT2D eigenvalue weighted by Gasteiger charge is -2.27. The topological polar surface area (TPSA) is 85.5 Å². The Morgan fingerprint density at radius 3 is 2.52 bits per heavy atom. The van der Waals surface area contributed by atoms with E-state index in [9.17, 15) is 9.59 Å². The summed E-state index contributed by atoms with van der Waals surface area (Å²) in [5, 5.41) is 12.1. The van der Waals surface area contributed by atoms with Crippen molar-refractivity contribution in [2.75, 3.05) is 44.6 Å². The van der Waals surface area contributed by atoms with Crippen LogP contribution in [0.25, 0.3) is 0 Å². The molecule has 0 saturated carbocycles. The molecule has 7 nitrogen and oxygen atoms in total. The molecule has 2 rings (SSSR count). The van der Waals surface area contributed by atoms with E-state index in [4.69, 9.17) is 11.6 Å². The van der Waals surface area contributed by atoms with Gasteiger partial charge < -0.3 is 21.3 Å². The number of hydrogen-bond donors (Lipinski definition) is 4. The zero-order chi connectivity index (χ0) is 19.2. The van der Waals surface area contributed by atoms with Crippen LogP contribution in [-0.4, -0.2) is 61.6 Å². The quantitative estimate of drug-likeness (QED) is 0.591. The molecular weight excluding hydrogens is 389 g/mol. The molecule has 0 bridgehead atoms. The van der Waals surface area contributed by atoms with E-state index in [2.05, 4.69) is 26.2 Å². The van der Waals surface area contributed by atoms with Gasteiger partial charge in [0.15, 0.2) is 0 Å². The van der Waals surface area contributed by atoms with Gasteiger partial charge in [0.25, 0.3) is 5.91 Å². The van der Waals surface area contributed by atoms with Crippen molar-refractivity contribution in [3.63, 3.8) is 0 Å². The third-order valence-corrected chi connectivity index (χ3v) is 4.21. The molecule has 0 atom stereocenters. The summed E-state index contributed by atoms with van der Waals surface area (Å²) < 4.78 is 0. The second-order valence-corrected chi connectivity index (χ2v) is 7.78. The number of piperazine rings is 1. The average molecular weight is 418 g/mol. The standard InChI is InChI=1S/C18H28ClN5O2.ClH/c1-18(2,3)23-17(26)22-13-4-5-15(19)14(12-13)16(25)21-8-11-24-9-6-20-7-10-24;/h4-5,12,20H,6-11H2,1-3H3,(H,21,25)(H2,22,23,26);1H. The minimum absolute atomic E-state index is 0. The molecule has 0 radical (unpaired) electrons. The monoisotopic (exact) mass is 417 g/mol. The van der Waals surface area contributed by atoms with Crippen LogP contribution >= 0.6 is 24.0 Å². The Labute approximate surface area is 172 Å². The summed E-state index contributed by atoms with van der Waals surface area (Å²) in [5.41, 5.74) is 0.518. The van der Waals surface area contributed by atoms with Gasteiger partial charge in [-0.2, -0.15) is 0 Å². The summed E-state index contributed by atoms with van der Waals surface area (Å²) >= 11 is 6.15. The minimum atomic E-state index is -0.347. The lowest BCUT2D eigenvalue weighted by molar-refractivity contribution is 0.0947. The number of nitrogens with zero attached hydrogens (tertiary/aromatic N) is 1. The summed E-state index contributed by atoms with van der Waals surface area (Å²) in [6, 6.07) is 4.54. The zero-order valence-corrected chi connectivity index (χ0v) is 17.6. The van der Waals surface area contributed by atoms with Gasteiger partial charge in [-0.15, -0.1) is 12.4 Å². The third kappa shape index (κ3) is 8.34. The molecule has 152 valence electrons. The second-order valence-electron chi connectivity index (χ2n) is 7.37. The molecule has 0 spiro atoms. The Hall–Kier alpha value is -1.54. The Bertz CT molecular complexity index is 643. The molecule has 1 aliphatic rings. The van der Waals surface area contributed by atoms with Crippen LogP contribution in [-0.2, 0) is 0 Å². The van der Waals surface area contributed by atoms with Crippen LogP contribution in [0.1, 0.15) is 31.1 Å². The maximum atomic E-state index is 12.4. The van der Waals surface area contributed by atoms with Crippen molar-refractivity contribution in [2.45, 2.75) is 26.3 Å². The van der Waals surface area contributed by atoms with E-state index in [0.717, 1.165) is 32.7 Å². The average Bonchev–Trinajstić information content (AvgIpc) is 2.55. The molecule has 1 aromatic rings. The molecular formula is C18H29Cl2N5O2. The molecule has 0 unspecified atom stereocenters. The summed E-state index contributed by atoms with van der Waals surface area (Å²) in [6.45, 7) is 11.0. The first-order valence-corrected chi connectivity index (χ1v) is 9.22. The Balaban J connectivity index is 0.00000364. The van der Waals surface area contributed by atoms with Crippen molar-refractivity contribution in [1.29, 1.82) is 0 Å². The van der Waals surface area contributed by atoms with E-state index in [1.54, 1.807) is 18.2 Å². The van der Waals surface area contributed by atoms with Crippen LogP contribution in [0.3, 0.4) is 0 Å². The number of carbonyl (C=O) groups excluding carboxylic acids is 2. The van der Waals surface area contributed by atoms with Gasteiger partial charge in [-0.3, -0.25) is 9.69 Å². The van der Waals surface area contributed by atoms with Crippen LogP contribution in [0.15, 0.2) is 18.2 Å². The van der Waals surface area contributed by atoms with Crippen molar-refractivity contribution in [3.8, 4) is 0 Å². The second kappa shape index (κ2) is 10.7. The highest BCUT2D eigenvalue weighted by atomic mass is 35.5. The lowest BCUT2D eigenvalue weighted by Crippen LogP contribution is -2.46. The van der Waals surface area contributed by atoms with Crippen LogP contribution in [0.2, 0.25) is 5.02 Å². The van der Waals surface area contributed by atoms with Crippen LogP contribution in [0.4, 0.5) is 10.5 Å². The maximum Gasteiger partial charge on any atom is 0.319 e. The van der Waals surface area contributed by atoms with Gasteiger partial charge in [-0.1, -0.05) is 11.6 Å². The Kier molecular flexibility index (Phi) is 9.32. The summed E-state index contributed by atoms with van der Waals surface area (Å²) in [6.07, 6.45) is 0. The van der Waals surface area contributed by atoms with E-state index >= 15 is 0 Å². The van der Waals surface area contributed by atoms with Gasteiger partial charge in [0.05, 0.1) is 10.6 Å². The molecule has 1 saturated heterocycles. The van der Waals surface area contributed by atoms with Gasteiger partial charge in [-0.25, -0.2) is 4.79 Å². The first-order valence-electron chi connectivity index (χ1n) is 8.84. The van der Waals surface area contributed by atoms with E-state index in [0.29, 0.717) is 22.8 Å². The van der Waals surface area contributed by atoms with Crippen molar-refractivity contribution in [1.82, 2.24) is 20.9 Å². The number of anilines is 1. The molecule has 0 aliphatic carbocycles. The number of amides is 3. The summed E-state index contributed by atoms with van der Waals surface area (Å²) in [4.78, 5) is 26.7. The van der Waals surface area contributed by atoms with Crippen molar-refractivity contribution < 1.29 is 9.59 Å². The number of nitrogens with one attached hydrogen (secondary N) is 4. The van der Waals surface area contributed by atoms with Crippen LogP contribution < -0.4 is 21.3 Å². The minimum Gasteiger partial charge on any atom is -0.351 e. The van der Waals surface area contributed by atoms with Crippen molar-refractivity contribution in [3.05, 3.63) is 28.8 Å². The van der Waals surface area contributed by atoms with Gasteiger partial charge in [0.2, 0.25) is 0 Å². The van der Waals surface area contributed by atoms with Crippen molar-refractivity contribution in [2.24, 2.45) is 0 Å². The molecule has 27 heavy (non-hydrogen) atoms. The predicted octanol–water partition coefficient (Wildman–Crippen LogP) is 2.32. The summed E-state index contributed by atoms with van der Waals surface area (Å²) in [5.74, 6) is -0.245. The number of halogens is 2. The highest BCUT2D eigenvalue weighted by molar-refractivity contribution is 6.34. The number of urea groups is 1. The van der Waals surface area contributed by atoms with Crippen LogP contribution in [0.5, 0.6) is 0 Å². The van der Waals surface area contributed by atoms with E-state index in [-0.39, 0.29) is 29.9 Å². The molecule has 1 heterocycles. The SMILES string of the molecule is CC(C)(C)NC(=O)Nc1ccc(Cl)c(C(=O)NCCN2CCNCC2)c1.Cl. The summed E-state index contributed by atoms with van der Waals surface area (Å²) in [7, 11) is 0. The number of hydrogen-bond acceptors (Lipinski definition) is 4. The smallest absolute Gasteiger partial charge is 0.319 e. The highest BCUT2D eigenvalue weighted by Crippen LogP contribution is 2.20. The van der Waals surface area contributed by atoms with Gasteiger partial charge >= 0.3 is 6.03 Å². The molecule has 1 fully saturated rings. The molecule has 0 aromatic heterocycles. The third-order valence-electron chi connectivity index (χ3n) is 3.88. The van der Waals surface area contributed by atoms with Crippen LogP contribution in [0, 0.1) is 0 Å². The Morgan fingerprint density at radius 1 is 1.22 bits per heavy atom. The molecule has 1 aliphatic heterocycles. The maximum absolute atomic E-state index is 12.4. The van der Waals surface area contributed by atoms with Crippen molar-refractivity contribution >= 4 is 41.6 Å². The molecule has 3 amide bonds. The van der Waals surface area contributed by atoms with E-state index < -0.39 is 0 Å². The normalized spacial score (nSPS) is 14.8. The molecule has 4 N–H and O–H groups in total. The number of rotatable bonds is 5. The fraction of sp³-hybridized carbons (Fsp3) is 0.556. The predicted molar refractivity (Wildman–Crippen MR) is 112 cm³/mol. The number of benzene rings is 1. The fourth-order valence-electron chi connectivity index (χ4n) is 2.64. The lowest BCUT2D eigenvalue weighted by atomic mass is 10.1. The number of carbonyl (C=O) groups is 2. The van der Waals surface area contributed by atoms with E-state index in [1.807, 2.05) is 20.8 Å². The first kappa shape index (κ1) is 23.5. The molecule has 1 aromatic carbocycles. The molecule has 9 heteroatoms. The van der Waals surface area contributed by atoms with Gasteiger partial charge in [0.1, 0.15) is 0 Å². The Morgan fingerprint density at radius 2 is 1.89 bits per heavy atom. The first-order chi connectivity index (χ1) is 12.2. The van der Waals surface area contributed by atoms with Gasteiger partial charge in [-0.05, 0) is 39.0 Å². The van der Waals surface area contributed by atoms with E-state index in [1.165, 1.54) is 0 Å². The largest absolute Gasteiger partial charge is 0.351 e. The zero-order valence-electron chi connectivity index (χ0n) is 16.0. The van der Waals surface area contributed by atoms with Gasteiger partial charge in [0, 0.05) is 50.5 Å². The highest BCUT2D eigenvalue weighted by Gasteiger charge is 2.16.